The van der Waals surface area contributed by atoms with Crippen molar-refractivity contribution >= 4 is 17.7 Å². The first-order chi connectivity index (χ1) is 15.8. The molecule has 2 aromatic rings. The van der Waals surface area contributed by atoms with Gasteiger partial charge in [0, 0.05) is 30.3 Å². The van der Waals surface area contributed by atoms with Crippen LogP contribution in [0.15, 0.2) is 48.5 Å². The van der Waals surface area contributed by atoms with E-state index >= 15 is 0 Å². The fraction of sp³-hybridized carbons (Fsp3) is 0.444. The first-order valence-electron chi connectivity index (χ1n) is 11.8. The molecule has 0 spiro atoms. The Balaban J connectivity index is 1.71. The molecule has 0 aromatic heterocycles. The van der Waals surface area contributed by atoms with Crippen LogP contribution in [0.5, 0.6) is 0 Å². The quantitative estimate of drug-likeness (QED) is 0.674. The molecule has 0 saturated carbocycles. The molecule has 1 heterocycles. The molecule has 2 aromatic carbocycles. The number of hydrogen-bond donors (Lipinski definition) is 2. The summed E-state index contributed by atoms with van der Waals surface area (Å²) in [6.45, 7) is 9.00. The van der Waals surface area contributed by atoms with E-state index in [0.29, 0.717) is 31.5 Å². The zero-order valence-electron chi connectivity index (χ0n) is 20.1. The molecule has 1 aliphatic heterocycles. The lowest BCUT2D eigenvalue weighted by Gasteiger charge is -2.36. The van der Waals surface area contributed by atoms with Gasteiger partial charge in [0.25, 0.3) is 11.8 Å². The van der Waals surface area contributed by atoms with E-state index in [1.807, 2.05) is 69.0 Å². The Morgan fingerprint density at radius 2 is 1.61 bits per heavy atom. The normalized spacial score (nSPS) is 16.1. The number of nitrogens with one attached hydrogen (secondary N) is 2. The van der Waals surface area contributed by atoms with Crippen LogP contribution >= 0.6 is 0 Å². The second-order valence-corrected chi connectivity index (χ2v) is 9.08. The number of benzene rings is 2. The predicted molar refractivity (Wildman–Crippen MR) is 130 cm³/mol. The minimum absolute atomic E-state index is 0.0239. The molecule has 176 valence electrons. The van der Waals surface area contributed by atoms with Crippen LogP contribution in [0.3, 0.4) is 0 Å². The number of likely N-dealkylation sites (tertiary alicyclic amines) is 1. The van der Waals surface area contributed by atoms with Gasteiger partial charge in [-0.05, 0) is 69.7 Å². The van der Waals surface area contributed by atoms with Crippen LogP contribution < -0.4 is 10.6 Å². The highest BCUT2D eigenvalue weighted by atomic mass is 16.2. The van der Waals surface area contributed by atoms with Gasteiger partial charge in [-0.1, -0.05) is 42.8 Å². The van der Waals surface area contributed by atoms with Crippen LogP contribution in [-0.4, -0.2) is 47.8 Å². The first kappa shape index (κ1) is 24.5. The summed E-state index contributed by atoms with van der Waals surface area (Å²) in [5.41, 5.74) is 3.29. The molecule has 2 unspecified atom stereocenters. The highest BCUT2D eigenvalue weighted by molar-refractivity contribution is 5.98. The Labute approximate surface area is 196 Å². The summed E-state index contributed by atoms with van der Waals surface area (Å²) in [4.78, 5) is 40.9. The number of piperidine rings is 1. The largest absolute Gasteiger partial charge is 0.352 e. The maximum atomic E-state index is 13.1. The third-order valence-corrected chi connectivity index (χ3v) is 6.56. The maximum absolute atomic E-state index is 13.1. The molecule has 6 heteroatoms. The molecule has 1 fully saturated rings. The van der Waals surface area contributed by atoms with Crippen molar-refractivity contribution in [3.63, 3.8) is 0 Å². The number of nitrogens with zero attached hydrogens (tertiary/aromatic N) is 1. The molecule has 3 rings (SSSR count). The fourth-order valence-corrected chi connectivity index (χ4v) is 4.18. The van der Waals surface area contributed by atoms with Gasteiger partial charge in [-0.3, -0.25) is 14.4 Å². The summed E-state index contributed by atoms with van der Waals surface area (Å²) in [5, 5.41) is 6.01. The average Bonchev–Trinajstić information content (AvgIpc) is 2.82. The Hall–Kier alpha value is -3.15. The Morgan fingerprint density at radius 1 is 0.970 bits per heavy atom. The number of carbonyl (C=O) groups excluding carboxylic acids is 3. The second kappa shape index (κ2) is 11.1. The van der Waals surface area contributed by atoms with E-state index in [2.05, 4.69) is 10.6 Å². The van der Waals surface area contributed by atoms with Gasteiger partial charge < -0.3 is 15.5 Å². The van der Waals surface area contributed by atoms with Crippen molar-refractivity contribution in [1.29, 1.82) is 0 Å². The van der Waals surface area contributed by atoms with Gasteiger partial charge in [-0.25, -0.2) is 0 Å². The number of aryl methyl sites for hydroxylation is 2. The van der Waals surface area contributed by atoms with E-state index < -0.39 is 6.04 Å². The molecule has 1 aliphatic rings. The van der Waals surface area contributed by atoms with Crippen LogP contribution in [0.4, 0.5) is 0 Å². The minimum Gasteiger partial charge on any atom is -0.352 e. The summed E-state index contributed by atoms with van der Waals surface area (Å²) < 4.78 is 0. The highest BCUT2D eigenvalue weighted by Gasteiger charge is 2.34. The predicted octanol–water partition coefficient (Wildman–Crippen LogP) is 3.87. The lowest BCUT2D eigenvalue weighted by molar-refractivity contribution is -0.125. The monoisotopic (exact) mass is 449 g/mol. The van der Waals surface area contributed by atoms with Gasteiger partial charge >= 0.3 is 0 Å². The van der Waals surface area contributed by atoms with E-state index in [1.54, 1.807) is 12.1 Å². The van der Waals surface area contributed by atoms with Gasteiger partial charge in [-0.2, -0.15) is 0 Å². The standard InChI is InChI=1S/C27H35N3O3/c1-5-20(4)28-26(32)24(29-25(31)22-12-10-18(2)11-13-22)21-14-16-30(17-15-21)27(33)23-9-7-6-8-19(23)3/h6-13,20-21,24H,5,14-17H2,1-4H3,(H,28,32)(H,29,31). The van der Waals surface area contributed by atoms with Gasteiger partial charge in [0.1, 0.15) is 6.04 Å². The summed E-state index contributed by atoms with van der Waals surface area (Å²) in [6.07, 6.45) is 2.13. The van der Waals surface area contributed by atoms with E-state index in [-0.39, 0.29) is 29.7 Å². The van der Waals surface area contributed by atoms with E-state index in [9.17, 15) is 14.4 Å². The molecule has 2 atom stereocenters. The van der Waals surface area contributed by atoms with Crippen LogP contribution in [0.2, 0.25) is 0 Å². The Morgan fingerprint density at radius 3 is 2.21 bits per heavy atom. The molecule has 3 amide bonds. The zero-order valence-corrected chi connectivity index (χ0v) is 20.1. The average molecular weight is 450 g/mol. The smallest absolute Gasteiger partial charge is 0.254 e. The van der Waals surface area contributed by atoms with Gasteiger partial charge in [0.05, 0.1) is 0 Å². The van der Waals surface area contributed by atoms with E-state index in [0.717, 1.165) is 23.1 Å². The number of rotatable bonds is 7. The topological polar surface area (TPSA) is 78.5 Å². The van der Waals surface area contributed by atoms with Crippen molar-refractivity contribution in [1.82, 2.24) is 15.5 Å². The van der Waals surface area contributed by atoms with Crippen LogP contribution in [-0.2, 0) is 4.79 Å². The molecular formula is C27H35N3O3. The van der Waals surface area contributed by atoms with Crippen molar-refractivity contribution in [3.05, 3.63) is 70.8 Å². The van der Waals surface area contributed by atoms with Crippen molar-refractivity contribution < 1.29 is 14.4 Å². The number of amides is 3. The number of carbonyl (C=O) groups is 3. The Kier molecular flexibility index (Phi) is 8.26. The molecule has 0 aliphatic carbocycles. The summed E-state index contributed by atoms with van der Waals surface area (Å²) in [6, 6.07) is 14.3. The molecular weight excluding hydrogens is 414 g/mol. The SMILES string of the molecule is CCC(C)NC(=O)C(NC(=O)c1ccc(C)cc1)C1CCN(C(=O)c2ccccc2C)CC1. The fourth-order valence-electron chi connectivity index (χ4n) is 4.18. The third-order valence-electron chi connectivity index (χ3n) is 6.56. The first-order valence-corrected chi connectivity index (χ1v) is 11.8. The van der Waals surface area contributed by atoms with Gasteiger partial charge in [-0.15, -0.1) is 0 Å². The maximum Gasteiger partial charge on any atom is 0.254 e. The lowest BCUT2D eigenvalue weighted by Crippen LogP contribution is -2.55. The summed E-state index contributed by atoms with van der Waals surface area (Å²) in [5.74, 6) is -0.425. The second-order valence-electron chi connectivity index (χ2n) is 9.08. The van der Waals surface area contributed by atoms with Crippen LogP contribution in [0.25, 0.3) is 0 Å². The van der Waals surface area contributed by atoms with Crippen molar-refractivity contribution in [2.45, 2.75) is 59.0 Å². The number of hydrogen-bond acceptors (Lipinski definition) is 3. The minimum atomic E-state index is -0.636. The molecule has 33 heavy (non-hydrogen) atoms. The van der Waals surface area contributed by atoms with Crippen LogP contribution in [0.1, 0.15) is 65.0 Å². The zero-order chi connectivity index (χ0) is 24.0. The van der Waals surface area contributed by atoms with Gasteiger partial charge in [0.2, 0.25) is 5.91 Å². The third kappa shape index (κ3) is 6.21. The highest BCUT2D eigenvalue weighted by Crippen LogP contribution is 2.24. The van der Waals surface area contributed by atoms with Crippen molar-refractivity contribution in [2.24, 2.45) is 5.92 Å². The van der Waals surface area contributed by atoms with E-state index in [1.165, 1.54) is 0 Å². The molecule has 1 saturated heterocycles. The van der Waals surface area contributed by atoms with Crippen LogP contribution in [0, 0.1) is 19.8 Å². The van der Waals surface area contributed by atoms with Gasteiger partial charge in [0.15, 0.2) is 0 Å². The lowest BCUT2D eigenvalue weighted by atomic mass is 9.88. The van der Waals surface area contributed by atoms with Crippen molar-refractivity contribution in [2.75, 3.05) is 13.1 Å². The van der Waals surface area contributed by atoms with Crippen molar-refractivity contribution in [3.8, 4) is 0 Å². The molecule has 6 nitrogen and oxygen atoms in total. The molecule has 2 N–H and O–H groups in total. The van der Waals surface area contributed by atoms with E-state index in [4.69, 9.17) is 0 Å². The molecule has 0 radical (unpaired) electrons. The Bertz CT molecular complexity index is 978. The summed E-state index contributed by atoms with van der Waals surface area (Å²) >= 11 is 0. The molecule has 0 bridgehead atoms. The summed E-state index contributed by atoms with van der Waals surface area (Å²) in [7, 11) is 0.